The molecule has 66 heavy (non-hydrogen) atoms. The van der Waals surface area contributed by atoms with Crippen molar-refractivity contribution in [2.45, 2.75) is 52.4 Å². The van der Waals surface area contributed by atoms with Gasteiger partial charge in [-0.05, 0) is 129 Å². The van der Waals surface area contributed by atoms with Gasteiger partial charge in [-0.3, -0.25) is 9.97 Å². The van der Waals surface area contributed by atoms with Crippen molar-refractivity contribution < 1.29 is 10.2 Å². The SMILES string of the molecule is CC(C)(C)c1ccc(-c2c3nc(c(-c4ccc(O)c5ncccc45)c4ccc([nH]4)c(-c4ccc(C(C)(C)C)cc4)c4nc(c(-c5ccc(O)c6ncccc56)c5ccc2[nH]5)C=C4)C=C3)cc1. The summed E-state index contributed by atoms with van der Waals surface area (Å²) < 4.78 is 0. The summed E-state index contributed by atoms with van der Waals surface area (Å²) in [5.41, 5.74) is 17.4. The molecule has 7 heterocycles. The van der Waals surface area contributed by atoms with Crippen LogP contribution < -0.4 is 0 Å². The number of pyridine rings is 2. The molecule has 2 aliphatic heterocycles. The van der Waals surface area contributed by atoms with E-state index in [0.717, 1.165) is 100 Å². The van der Waals surface area contributed by atoms with Crippen LogP contribution in [0.2, 0.25) is 0 Å². The molecule has 0 saturated carbocycles. The number of fused-ring (bicyclic) bond motifs is 10. The van der Waals surface area contributed by atoms with Gasteiger partial charge in [-0.1, -0.05) is 102 Å². The zero-order valence-electron chi connectivity index (χ0n) is 37.7. The molecule has 8 bridgehead atoms. The molecule has 2 aliphatic rings. The third kappa shape index (κ3) is 6.93. The van der Waals surface area contributed by atoms with E-state index in [1.165, 1.54) is 11.1 Å². The molecule has 0 saturated heterocycles. The highest BCUT2D eigenvalue weighted by atomic mass is 16.3. The van der Waals surface area contributed by atoms with Crippen molar-refractivity contribution in [1.29, 1.82) is 0 Å². The van der Waals surface area contributed by atoms with Crippen LogP contribution in [0.4, 0.5) is 0 Å². The highest BCUT2D eigenvalue weighted by Crippen LogP contribution is 2.43. The van der Waals surface area contributed by atoms with Gasteiger partial charge in [-0.25, -0.2) is 9.97 Å². The lowest BCUT2D eigenvalue weighted by Gasteiger charge is -2.19. The van der Waals surface area contributed by atoms with Crippen LogP contribution in [0.1, 0.15) is 75.4 Å². The Morgan fingerprint density at radius 1 is 0.394 bits per heavy atom. The van der Waals surface area contributed by atoms with E-state index in [1.54, 1.807) is 24.5 Å². The number of phenolic OH excluding ortho intramolecular Hbond substituents is 2. The Bertz CT molecular complexity index is 3430. The number of aromatic amines is 2. The second kappa shape index (κ2) is 15.3. The maximum Gasteiger partial charge on any atom is 0.141 e. The van der Waals surface area contributed by atoms with Gasteiger partial charge in [-0.15, -0.1) is 0 Å². The molecule has 322 valence electrons. The number of nitrogens with zero attached hydrogens (tertiary/aromatic N) is 4. The Morgan fingerprint density at radius 2 is 0.742 bits per heavy atom. The fraction of sp³-hybridized carbons (Fsp3) is 0.138. The first-order valence-electron chi connectivity index (χ1n) is 22.3. The molecule has 4 N–H and O–H groups in total. The molecule has 0 fully saturated rings. The van der Waals surface area contributed by atoms with Gasteiger partial charge in [-0.2, -0.15) is 0 Å². The zero-order valence-corrected chi connectivity index (χ0v) is 37.7. The largest absolute Gasteiger partial charge is 0.506 e. The molecular weight excluding hydrogens is 813 g/mol. The number of phenols is 2. The molecular formula is C58H48N6O2. The van der Waals surface area contributed by atoms with Gasteiger partial charge in [0.2, 0.25) is 0 Å². The highest BCUT2D eigenvalue weighted by Gasteiger charge is 2.23. The predicted octanol–water partition coefficient (Wildman–Crippen LogP) is 14.4. The molecule has 5 aromatic heterocycles. The summed E-state index contributed by atoms with van der Waals surface area (Å²) in [7, 11) is 0. The molecule has 0 aliphatic carbocycles. The van der Waals surface area contributed by atoms with Crippen LogP contribution >= 0.6 is 0 Å². The lowest BCUT2D eigenvalue weighted by molar-refractivity contribution is 0.480. The van der Waals surface area contributed by atoms with Crippen molar-refractivity contribution in [3.8, 4) is 56.0 Å². The monoisotopic (exact) mass is 860 g/mol. The van der Waals surface area contributed by atoms with Gasteiger partial charge in [0.1, 0.15) is 22.5 Å². The number of nitrogens with one attached hydrogen (secondary N) is 2. The normalized spacial score (nSPS) is 12.7. The van der Waals surface area contributed by atoms with E-state index in [2.05, 4.69) is 159 Å². The number of H-pyrrole nitrogens is 2. The van der Waals surface area contributed by atoms with Crippen molar-refractivity contribution >= 4 is 68.2 Å². The van der Waals surface area contributed by atoms with Crippen LogP contribution in [0.5, 0.6) is 11.5 Å². The first-order valence-corrected chi connectivity index (χ1v) is 22.3. The molecule has 0 unspecified atom stereocenters. The third-order valence-electron chi connectivity index (χ3n) is 12.9. The number of aromatic nitrogens is 6. The van der Waals surface area contributed by atoms with E-state index < -0.39 is 0 Å². The number of hydrogen-bond donors (Lipinski definition) is 4. The average Bonchev–Trinajstić information content (AvgIpc) is 4.16. The predicted molar refractivity (Wildman–Crippen MR) is 272 cm³/mol. The smallest absolute Gasteiger partial charge is 0.141 e. The Kier molecular flexibility index (Phi) is 9.41. The topological polar surface area (TPSA) is 124 Å². The Labute approximate surface area is 382 Å². The summed E-state index contributed by atoms with van der Waals surface area (Å²) in [5.74, 6) is 0.229. The van der Waals surface area contributed by atoms with Crippen molar-refractivity contribution in [3.63, 3.8) is 0 Å². The Hall–Kier alpha value is -8.10. The van der Waals surface area contributed by atoms with E-state index in [9.17, 15) is 10.2 Å². The fourth-order valence-corrected chi connectivity index (χ4v) is 9.40. The van der Waals surface area contributed by atoms with Gasteiger partial charge in [0.25, 0.3) is 0 Å². The van der Waals surface area contributed by atoms with Crippen molar-refractivity contribution in [2.24, 2.45) is 0 Å². The second-order valence-electron chi connectivity index (χ2n) is 19.2. The maximum absolute atomic E-state index is 11.0. The van der Waals surface area contributed by atoms with E-state index >= 15 is 0 Å². The van der Waals surface area contributed by atoms with Gasteiger partial charge >= 0.3 is 0 Å². The molecule has 0 radical (unpaired) electrons. The Balaban J connectivity index is 1.31. The summed E-state index contributed by atoms with van der Waals surface area (Å²) in [6.07, 6.45) is 11.8. The molecule has 9 aromatic rings. The molecule has 8 nitrogen and oxygen atoms in total. The van der Waals surface area contributed by atoms with Crippen molar-refractivity contribution in [3.05, 3.63) is 168 Å². The minimum absolute atomic E-state index is 0.0281. The number of hydrogen-bond acceptors (Lipinski definition) is 6. The number of benzene rings is 4. The minimum Gasteiger partial charge on any atom is -0.506 e. The van der Waals surface area contributed by atoms with E-state index in [4.69, 9.17) is 9.97 Å². The lowest BCUT2D eigenvalue weighted by atomic mass is 9.86. The summed E-state index contributed by atoms with van der Waals surface area (Å²) in [6.45, 7) is 13.3. The van der Waals surface area contributed by atoms with Gasteiger partial charge in [0, 0.05) is 67.5 Å². The molecule has 4 aromatic carbocycles. The quantitative estimate of drug-likeness (QED) is 0.140. The van der Waals surface area contributed by atoms with Crippen LogP contribution in [0.3, 0.4) is 0 Å². The minimum atomic E-state index is -0.0281. The second-order valence-corrected chi connectivity index (χ2v) is 19.2. The van der Waals surface area contributed by atoms with Crippen LogP contribution in [-0.4, -0.2) is 40.1 Å². The maximum atomic E-state index is 11.0. The van der Waals surface area contributed by atoms with E-state index in [-0.39, 0.29) is 22.3 Å². The van der Waals surface area contributed by atoms with Crippen LogP contribution in [0.25, 0.3) is 113 Å². The first kappa shape index (κ1) is 40.7. The standard InChI is InChI=1S/C58H48N6O2/c1-57(2,3)35-15-11-33(12-16-35)51-41-21-25-45(61-41)53(37-19-29-49(65)55-39(37)9-7-31-59-55)47-27-23-43(63-47)52(34-13-17-36(18-14-34)58(4,5)6)44-24-28-48(64-44)54(46-26-22-42(51)62-46)38-20-30-50(66)56-40(38)10-8-32-60-56/h7-32,61,64-66H,1-6H3. The van der Waals surface area contributed by atoms with Crippen LogP contribution in [-0.2, 0) is 10.8 Å². The molecule has 11 rings (SSSR count). The third-order valence-corrected chi connectivity index (χ3v) is 12.9. The number of rotatable bonds is 4. The van der Waals surface area contributed by atoms with Gasteiger partial charge in [0.05, 0.1) is 22.8 Å². The number of aromatic hydroxyl groups is 2. The first-order chi connectivity index (χ1) is 31.8. The molecule has 0 amide bonds. The highest BCUT2D eigenvalue weighted by molar-refractivity contribution is 6.07. The van der Waals surface area contributed by atoms with E-state index in [0.29, 0.717) is 11.0 Å². The summed E-state index contributed by atoms with van der Waals surface area (Å²) in [6, 6.07) is 41.1. The van der Waals surface area contributed by atoms with Gasteiger partial charge < -0.3 is 20.2 Å². The Morgan fingerprint density at radius 3 is 1.11 bits per heavy atom. The summed E-state index contributed by atoms with van der Waals surface area (Å²) in [5, 5.41) is 23.7. The van der Waals surface area contributed by atoms with Crippen LogP contribution in [0.15, 0.2) is 134 Å². The lowest BCUT2D eigenvalue weighted by Crippen LogP contribution is -2.10. The van der Waals surface area contributed by atoms with Crippen molar-refractivity contribution in [2.75, 3.05) is 0 Å². The molecule has 0 atom stereocenters. The van der Waals surface area contributed by atoms with E-state index in [1.807, 2.05) is 36.4 Å². The van der Waals surface area contributed by atoms with Crippen molar-refractivity contribution in [1.82, 2.24) is 29.9 Å². The zero-order chi connectivity index (χ0) is 45.5. The molecule has 0 spiro atoms. The van der Waals surface area contributed by atoms with Gasteiger partial charge in [0.15, 0.2) is 0 Å². The summed E-state index contributed by atoms with van der Waals surface area (Å²) >= 11 is 0. The molecule has 8 heteroatoms. The fourth-order valence-electron chi connectivity index (χ4n) is 9.40. The van der Waals surface area contributed by atoms with Crippen LogP contribution in [0, 0.1) is 0 Å². The summed E-state index contributed by atoms with van der Waals surface area (Å²) in [4.78, 5) is 28.0. The average molecular weight is 861 g/mol.